The van der Waals surface area contributed by atoms with Gasteiger partial charge < -0.3 is 10.3 Å². The Morgan fingerprint density at radius 1 is 1.52 bits per heavy atom. The first-order valence-corrected chi connectivity index (χ1v) is 7.67. The minimum atomic E-state index is -4.16. The van der Waals surface area contributed by atoms with Gasteiger partial charge in [0.1, 0.15) is 11.6 Å². The molecule has 0 saturated carbocycles. The van der Waals surface area contributed by atoms with Crippen LogP contribution in [0.15, 0.2) is 25.3 Å². The molecule has 1 heterocycles. The minimum absolute atomic E-state index is 0.265. The summed E-state index contributed by atoms with van der Waals surface area (Å²) in [5.74, 6) is 1.86. The molecule has 1 aromatic rings. The summed E-state index contributed by atoms with van der Waals surface area (Å²) in [6.45, 7) is 12.4. The highest BCUT2D eigenvalue weighted by Gasteiger charge is 2.16. The van der Waals surface area contributed by atoms with Gasteiger partial charge in [-0.2, -0.15) is 8.42 Å². The van der Waals surface area contributed by atoms with Gasteiger partial charge >= 0.3 is 10.4 Å². The van der Waals surface area contributed by atoms with E-state index in [9.17, 15) is 8.42 Å². The Hall–Kier alpha value is -1.64. The molecule has 1 atom stereocenters. The van der Waals surface area contributed by atoms with Crippen LogP contribution in [0.4, 0.5) is 5.82 Å². The number of imidazole rings is 1. The van der Waals surface area contributed by atoms with Crippen LogP contribution in [0, 0.1) is 6.92 Å². The molecule has 0 radical (unpaired) electrons. The van der Waals surface area contributed by atoms with E-state index in [2.05, 4.69) is 33.8 Å². The van der Waals surface area contributed by atoms with Crippen molar-refractivity contribution in [1.29, 1.82) is 0 Å². The van der Waals surface area contributed by atoms with Crippen molar-refractivity contribution in [2.45, 2.75) is 32.7 Å². The third-order valence-corrected chi connectivity index (χ3v) is 3.29. The van der Waals surface area contributed by atoms with Crippen molar-refractivity contribution < 1.29 is 17.2 Å². The number of rotatable bonds is 6. The molecule has 0 spiro atoms. The fraction of sp³-hybridized carbons (Fsp3) is 0.462. The quantitative estimate of drug-likeness (QED) is 0.614. The van der Waals surface area contributed by atoms with Crippen LogP contribution in [0.2, 0.25) is 0 Å². The van der Waals surface area contributed by atoms with Gasteiger partial charge in [-0.15, -0.1) is 13.2 Å². The summed E-state index contributed by atoms with van der Waals surface area (Å²) in [5, 5.41) is 0. The van der Waals surface area contributed by atoms with Gasteiger partial charge in [-0.05, 0) is 13.3 Å². The number of hydrogen-bond acceptors (Lipinski definition) is 5. The van der Waals surface area contributed by atoms with Gasteiger partial charge in [0.25, 0.3) is 0 Å². The Labute approximate surface area is 126 Å². The van der Waals surface area contributed by atoms with Crippen molar-refractivity contribution in [2.24, 2.45) is 0 Å². The second-order valence-corrected chi connectivity index (χ2v) is 5.37. The molecule has 0 aliphatic carbocycles. The summed E-state index contributed by atoms with van der Waals surface area (Å²) in [4.78, 5) is 4.39. The molecule has 1 unspecified atom stereocenters. The maximum absolute atomic E-state index is 9.33. The van der Waals surface area contributed by atoms with Gasteiger partial charge in [-0.1, -0.05) is 19.1 Å². The Balaban J connectivity index is 0.000000567. The zero-order valence-electron chi connectivity index (χ0n) is 12.6. The highest BCUT2D eigenvalue weighted by molar-refractivity contribution is 7.80. The van der Waals surface area contributed by atoms with Crippen LogP contribution in [0.1, 0.15) is 30.8 Å². The molecule has 0 aliphatic heterocycles. The van der Waals surface area contributed by atoms with Crippen molar-refractivity contribution >= 4 is 16.2 Å². The van der Waals surface area contributed by atoms with E-state index in [4.69, 9.17) is 10.3 Å². The van der Waals surface area contributed by atoms with Gasteiger partial charge in [-0.25, -0.2) is 4.98 Å². The zero-order valence-corrected chi connectivity index (χ0v) is 13.4. The van der Waals surface area contributed by atoms with E-state index in [0.29, 0.717) is 5.82 Å². The number of nitrogens with two attached hydrogens (primary N) is 1. The molecule has 120 valence electrons. The predicted octanol–water partition coefficient (Wildman–Crippen LogP) is 2.07. The van der Waals surface area contributed by atoms with E-state index < -0.39 is 10.4 Å². The average molecular weight is 317 g/mol. The molecule has 1 rings (SSSR count). The maximum Gasteiger partial charge on any atom is 0.397 e. The minimum Gasteiger partial charge on any atom is -0.382 e. The van der Waals surface area contributed by atoms with E-state index in [1.807, 2.05) is 19.1 Å². The maximum atomic E-state index is 9.33. The molecule has 3 N–H and O–H groups in total. The number of anilines is 1. The van der Waals surface area contributed by atoms with Crippen LogP contribution in [0.5, 0.6) is 0 Å². The Morgan fingerprint density at radius 3 is 2.38 bits per heavy atom. The third-order valence-electron chi connectivity index (χ3n) is 2.87. The van der Waals surface area contributed by atoms with Gasteiger partial charge in [0, 0.05) is 12.5 Å². The van der Waals surface area contributed by atoms with E-state index in [-0.39, 0.29) is 5.92 Å². The molecule has 0 fully saturated rings. The molecule has 0 amide bonds. The van der Waals surface area contributed by atoms with Gasteiger partial charge in [0.2, 0.25) is 0 Å². The average Bonchev–Trinajstić information content (AvgIpc) is 2.69. The number of nitrogens with zero attached hydrogens (tertiary/aromatic N) is 2. The standard InChI is InChI=1S/C12H19N3.CH4O4S/c1-5-8-15-9(4)11(13)14-12(15)10(6-2)7-3;1-5-6(2,3)4/h5-6,10H,1-2,7-8,13H2,3-4H3;1H3,(H,2,3,4). The van der Waals surface area contributed by atoms with Crippen LogP contribution in [0.25, 0.3) is 0 Å². The normalized spacial score (nSPS) is 12.2. The summed E-state index contributed by atoms with van der Waals surface area (Å²) in [6, 6.07) is 0. The molecule has 21 heavy (non-hydrogen) atoms. The first-order valence-electron chi connectivity index (χ1n) is 6.30. The molecular formula is C13H23N3O4S. The van der Waals surface area contributed by atoms with Crippen molar-refractivity contribution in [3.05, 3.63) is 36.8 Å². The summed E-state index contributed by atoms with van der Waals surface area (Å²) in [6.07, 6.45) is 4.75. The Bertz CT molecular complexity index is 578. The fourth-order valence-electron chi connectivity index (χ4n) is 1.67. The van der Waals surface area contributed by atoms with Gasteiger partial charge in [-0.3, -0.25) is 8.74 Å². The molecule has 0 aromatic carbocycles. The summed E-state index contributed by atoms with van der Waals surface area (Å²) in [5.41, 5.74) is 6.82. The lowest BCUT2D eigenvalue weighted by molar-refractivity contribution is 0.324. The topological polar surface area (TPSA) is 107 Å². The molecule has 0 aliphatic rings. The van der Waals surface area contributed by atoms with Crippen LogP contribution < -0.4 is 5.73 Å². The second-order valence-electron chi connectivity index (χ2n) is 4.18. The zero-order chi connectivity index (χ0) is 16.6. The molecule has 0 saturated heterocycles. The summed E-state index contributed by atoms with van der Waals surface area (Å²) in [7, 11) is -3.29. The number of allylic oxidation sites excluding steroid dienone is 2. The summed E-state index contributed by atoms with van der Waals surface area (Å²) >= 11 is 0. The van der Waals surface area contributed by atoms with E-state index in [1.165, 1.54) is 0 Å². The van der Waals surface area contributed by atoms with Crippen molar-refractivity contribution in [2.75, 3.05) is 12.8 Å². The lowest BCUT2D eigenvalue weighted by Crippen LogP contribution is -2.07. The highest BCUT2D eigenvalue weighted by atomic mass is 32.3. The van der Waals surface area contributed by atoms with Crippen molar-refractivity contribution in [1.82, 2.24) is 9.55 Å². The van der Waals surface area contributed by atoms with Crippen molar-refractivity contribution in [3.63, 3.8) is 0 Å². The number of aromatic nitrogens is 2. The van der Waals surface area contributed by atoms with E-state index >= 15 is 0 Å². The fourth-order valence-corrected chi connectivity index (χ4v) is 1.67. The summed E-state index contributed by atoms with van der Waals surface area (Å²) < 4.78 is 31.8. The van der Waals surface area contributed by atoms with Crippen LogP contribution in [-0.4, -0.2) is 29.6 Å². The Morgan fingerprint density at radius 2 is 2.05 bits per heavy atom. The molecule has 0 bridgehead atoms. The lowest BCUT2D eigenvalue weighted by atomic mass is 10.1. The molecule has 8 heteroatoms. The first kappa shape index (κ1) is 19.4. The smallest absolute Gasteiger partial charge is 0.382 e. The Kier molecular flexibility index (Phi) is 7.93. The molecule has 1 aromatic heterocycles. The predicted molar refractivity (Wildman–Crippen MR) is 83.4 cm³/mol. The van der Waals surface area contributed by atoms with Gasteiger partial charge in [0.05, 0.1) is 12.8 Å². The van der Waals surface area contributed by atoms with Crippen LogP contribution in [-0.2, 0) is 21.1 Å². The first-order chi connectivity index (χ1) is 9.71. The number of nitrogen functional groups attached to an aromatic ring is 1. The third kappa shape index (κ3) is 6.11. The van der Waals surface area contributed by atoms with Gasteiger partial charge in [0.15, 0.2) is 0 Å². The monoisotopic (exact) mass is 317 g/mol. The number of hydrogen-bond donors (Lipinski definition) is 2. The molecule has 7 nitrogen and oxygen atoms in total. The largest absolute Gasteiger partial charge is 0.397 e. The van der Waals surface area contributed by atoms with Crippen LogP contribution >= 0.6 is 0 Å². The van der Waals surface area contributed by atoms with E-state index in [1.54, 1.807) is 0 Å². The SMILES string of the molecule is C=CCn1c(C(C=C)CC)nc(N)c1C.COS(=O)(=O)O. The van der Waals surface area contributed by atoms with E-state index in [0.717, 1.165) is 31.6 Å². The lowest BCUT2D eigenvalue weighted by Gasteiger charge is -2.12. The molecular weight excluding hydrogens is 294 g/mol. The van der Waals surface area contributed by atoms with Crippen LogP contribution in [0.3, 0.4) is 0 Å². The van der Waals surface area contributed by atoms with Crippen molar-refractivity contribution in [3.8, 4) is 0 Å². The highest BCUT2D eigenvalue weighted by Crippen LogP contribution is 2.23. The second kappa shape index (κ2) is 8.60.